The molecule has 0 aliphatic carbocycles. The van der Waals surface area contributed by atoms with Gasteiger partial charge in [-0.05, 0) is 54.1 Å². The van der Waals surface area contributed by atoms with Gasteiger partial charge in [0.2, 0.25) is 0 Å². The van der Waals surface area contributed by atoms with Crippen LogP contribution in [-0.4, -0.2) is 47.2 Å². The number of pyridine rings is 1. The zero-order chi connectivity index (χ0) is 22.7. The van der Waals surface area contributed by atoms with Gasteiger partial charge < -0.3 is 9.47 Å². The molecule has 8 nitrogen and oxygen atoms in total. The van der Waals surface area contributed by atoms with Crippen molar-refractivity contribution in [2.45, 2.75) is 6.54 Å². The molecule has 1 aliphatic rings. The summed E-state index contributed by atoms with van der Waals surface area (Å²) >= 11 is 0. The van der Waals surface area contributed by atoms with Gasteiger partial charge in [0.25, 0.3) is 11.8 Å². The fourth-order valence-electron chi connectivity index (χ4n) is 3.31. The molecule has 2 amide bonds. The van der Waals surface area contributed by atoms with Gasteiger partial charge in [-0.1, -0.05) is 6.07 Å². The minimum atomic E-state index is -0.763. The SMILES string of the molecule is COc1ccc(C(=O)COC(=O)c2ccc3c(c2)C(=O)N(Cc2cccnc2)C3=O)cc1. The highest BCUT2D eigenvalue weighted by Gasteiger charge is 2.36. The first kappa shape index (κ1) is 20.9. The average molecular weight is 430 g/mol. The molecule has 2 heterocycles. The second-order valence-corrected chi connectivity index (χ2v) is 7.05. The van der Waals surface area contributed by atoms with E-state index >= 15 is 0 Å². The number of Topliss-reactive ketones (excluding diaryl/α,β-unsaturated/α-hetero) is 1. The molecule has 2 aromatic carbocycles. The fraction of sp³-hybridized carbons (Fsp3) is 0.125. The lowest BCUT2D eigenvalue weighted by atomic mass is 10.1. The zero-order valence-corrected chi connectivity index (χ0v) is 17.1. The van der Waals surface area contributed by atoms with E-state index in [0.29, 0.717) is 16.9 Å². The van der Waals surface area contributed by atoms with E-state index in [1.54, 1.807) is 48.8 Å². The molecule has 0 fully saturated rings. The number of imide groups is 1. The number of fused-ring (bicyclic) bond motifs is 1. The lowest BCUT2D eigenvalue weighted by Gasteiger charge is -2.13. The first-order valence-corrected chi connectivity index (χ1v) is 9.71. The fourth-order valence-corrected chi connectivity index (χ4v) is 3.31. The highest BCUT2D eigenvalue weighted by atomic mass is 16.5. The number of carbonyl (C=O) groups excluding carboxylic acids is 4. The Bertz CT molecular complexity index is 1200. The number of amides is 2. The summed E-state index contributed by atoms with van der Waals surface area (Å²) in [6.07, 6.45) is 3.18. The third-order valence-corrected chi connectivity index (χ3v) is 5.02. The van der Waals surface area contributed by atoms with Crippen LogP contribution >= 0.6 is 0 Å². The topological polar surface area (TPSA) is 103 Å². The maximum absolute atomic E-state index is 12.8. The van der Waals surface area contributed by atoms with Crippen LogP contribution in [0.1, 0.15) is 47.0 Å². The Kier molecular flexibility index (Phi) is 5.76. The van der Waals surface area contributed by atoms with E-state index in [0.717, 1.165) is 4.90 Å². The Morgan fingerprint density at radius 3 is 2.34 bits per heavy atom. The number of carbonyl (C=O) groups is 4. The number of ether oxygens (including phenoxy) is 2. The summed E-state index contributed by atoms with van der Waals surface area (Å²) < 4.78 is 10.2. The number of hydrogen-bond donors (Lipinski definition) is 0. The van der Waals surface area contributed by atoms with Crippen molar-refractivity contribution < 1.29 is 28.7 Å². The Morgan fingerprint density at radius 1 is 0.938 bits per heavy atom. The van der Waals surface area contributed by atoms with E-state index in [1.807, 2.05) is 0 Å². The molecule has 160 valence electrons. The van der Waals surface area contributed by atoms with Gasteiger partial charge >= 0.3 is 5.97 Å². The number of esters is 1. The molecular weight excluding hydrogens is 412 g/mol. The van der Waals surface area contributed by atoms with Crippen molar-refractivity contribution in [2.75, 3.05) is 13.7 Å². The standard InChI is InChI=1S/C24H18N2O6/c1-31-18-7-4-16(5-8-18)21(27)14-32-24(30)17-6-9-19-20(11-17)23(29)26(22(19)28)13-15-3-2-10-25-12-15/h2-12H,13-14H2,1H3. The molecule has 0 radical (unpaired) electrons. The van der Waals surface area contributed by atoms with Gasteiger partial charge in [-0.25, -0.2) is 4.79 Å². The van der Waals surface area contributed by atoms with Crippen LogP contribution in [0.2, 0.25) is 0 Å². The van der Waals surface area contributed by atoms with Crippen molar-refractivity contribution in [1.29, 1.82) is 0 Å². The predicted molar refractivity (Wildman–Crippen MR) is 112 cm³/mol. The molecule has 0 saturated heterocycles. The Labute approximate surface area is 183 Å². The summed E-state index contributed by atoms with van der Waals surface area (Å²) in [6.45, 7) is -0.376. The summed E-state index contributed by atoms with van der Waals surface area (Å²) in [5, 5.41) is 0. The number of ketones is 1. The quantitative estimate of drug-likeness (QED) is 0.323. The number of benzene rings is 2. The van der Waals surface area contributed by atoms with Crippen LogP contribution in [0.3, 0.4) is 0 Å². The van der Waals surface area contributed by atoms with E-state index in [4.69, 9.17) is 9.47 Å². The summed E-state index contributed by atoms with van der Waals surface area (Å²) in [5.41, 5.74) is 1.49. The van der Waals surface area contributed by atoms with Gasteiger partial charge in [0.1, 0.15) is 5.75 Å². The minimum absolute atomic E-state index is 0.0793. The number of hydrogen-bond acceptors (Lipinski definition) is 7. The number of aromatic nitrogens is 1. The number of rotatable bonds is 7. The van der Waals surface area contributed by atoms with E-state index in [2.05, 4.69) is 4.98 Å². The molecule has 4 rings (SSSR count). The minimum Gasteiger partial charge on any atom is -0.497 e. The molecule has 32 heavy (non-hydrogen) atoms. The lowest BCUT2D eigenvalue weighted by molar-refractivity contribution is 0.0474. The molecule has 0 spiro atoms. The first-order chi connectivity index (χ1) is 15.5. The normalized spacial score (nSPS) is 12.5. The molecule has 8 heteroatoms. The highest BCUT2D eigenvalue weighted by molar-refractivity contribution is 6.21. The zero-order valence-electron chi connectivity index (χ0n) is 17.1. The van der Waals surface area contributed by atoms with Crippen LogP contribution in [0.15, 0.2) is 67.0 Å². The number of methoxy groups -OCH3 is 1. The van der Waals surface area contributed by atoms with E-state index in [9.17, 15) is 19.2 Å². The van der Waals surface area contributed by atoms with Crippen molar-refractivity contribution in [3.8, 4) is 5.75 Å². The van der Waals surface area contributed by atoms with Gasteiger partial charge in [0.15, 0.2) is 12.4 Å². The van der Waals surface area contributed by atoms with Gasteiger partial charge in [-0.3, -0.25) is 24.3 Å². The lowest BCUT2D eigenvalue weighted by Crippen LogP contribution is -2.29. The van der Waals surface area contributed by atoms with Gasteiger partial charge in [-0.15, -0.1) is 0 Å². The summed E-state index contributed by atoms with van der Waals surface area (Å²) in [7, 11) is 1.52. The molecule has 3 aromatic rings. The van der Waals surface area contributed by atoms with Crippen LogP contribution in [0.25, 0.3) is 0 Å². The Hall–Kier alpha value is -4.33. The second-order valence-electron chi connectivity index (χ2n) is 7.05. The summed E-state index contributed by atoms with van der Waals surface area (Å²) in [6, 6.07) is 14.0. The predicted octanol–water partition coefficient (Wildman–Crippen LogP) is 2.93. The van der Waals surface area contributed by atoms with Crippen molar-refractivity contribution in [2.24, 2.45) is 0 Å². The average Bonchev–Trinajstić information content (AvgIpc) is 3.07. The van der Waals surface area contributed by atoms with Crippen molar-refractivity contribution >= 4 is 23.6 Å². The van der Waals surface area contributed by atoms with E-state index < -0.39 is 24.4 Å². The monoisotopic (exact) mass is 430 g/mol. The smallest absolute Gasteiger partial charge is 0.338 e. The molecule has 1 aromatic heterocycles. The van der Waals surface area contributed by atoms with Crippen molar-refractivity contribution in [1.82, 2.24) is 9.88 Å². The Balaban J connectivity index is 1.44. The molecule has 0 unspecified atom stereocenters. The van der Waals surface area contributed by atoms with Crippen LogP contribution in [-0.2, 0) is 11.3 Å². The maximum Gasteiger partial charge on any atom is 0.338 e. The molecule has 1 aliphatic heterocycles. The maximum atomic E-state index is 12.8. The third-order valence-electron chi connectivity index (χ3n) is 5.02. The van der Waals surface area contributed by atoms with Crippen LogP contribution in [0, 0.1) is 0 Å². The molecule has 0 N–H and O–H groups in total. The van der Waals surface area contributed by atoms with E-state index in [1.165, 1.54) is 25.3 Å². The Morgan fingerprint density at radius 2 is 1.66 bits per heavy atom. The van der Waals surface area contributed by atoms with Gasteiger partial charge in [0, 0.05) is 18.0 Å². The second kappa shape index (κ2) is 8.81. The first-order valence-electron chi connectivity index (χ1n) is 9.71. The van der Waals surface area contributed by atoms with Gasteiger partial charge in [0.05, 0.1) is 30.3 Å². The van der Waals surface area contributed by atoms with Crippen LogP contribution in [0.4, 0.5) is 0 Å². The molecular formula is C24H18N2O6. The van der Waals surface area contributed by atoms with Gasteiger partial charge in [-0.2, -0.15) is 0 Å². The van der Waals surface area contributed by atoms with Crippen molar-refractivity contribution in [3.05, 3.63) is 94.8 Å². The summed E-state index contributed by atoms with van der Waals surface area (Å²) in [5.74, 6) is -1.48. The third kappa shape index (κ3) is 4.11. The van der Waals surface area contributed by atoms with Crippen LogP contribution < -0.4 is 4.74 Å². The molecule has 0 atom stereocenters. The van der Waals surface area contributed by atoms with Crippen LogP contribution in [0.5, 0.6) is 5.75 Å². The summed E-state index contributed by atoms with van der Waals surface area (Å²) in [4.78, 5) is 55.1. The molecule has 0 saturated carbocycles. The van der Waals surface area contributed by atoms with E-state index in [-0.39, 0.29) is 29.0 Å². The largest absolute Gasteiger partial charge is 0.497 e. The molecule has 0 bridgehead atoms. The van der Waals surface area contributed by atoms with Crippen molar-refractivity contribution in [3.63, 3.8) is 0 Å². The number of nitrogens with zero attached hydrogens (tertiary/aromatic N) is 2. The highest BCUT2D eigenvalue weighted by Crippen LogP contribution is 2.26.